The molecular formula is C8H7BrClNO. The molecule has 1 heterocycles. The van der Waals surface area contributed by atoms with Gasteiger partial charge in [0.15, 0.2) is 5.78 Å². The smallest absolute Gasteiger partial charge is 0.164 e. The van der Waals surface area contributed by atoms with Crippen LogP contribution >= 0.6 is 27.5 Å². The Morgan fingerprint density at radius 3 is 2.67 bits per heavy atom. The van der Waals surface area contributed by atoms with E-state index in [-0.39, 0.29) is 10.9 Å². The zero-order valence-electron chi connectivity index (χ0n) is 6.69. The highest BCUT2D eigenvalue weighted by Gasteiger charge is 2.11. The van der Waals surface area contributed by atoms with Crippen molar-refractivity contribution in [1.29, 1.82) is 0 Å². The molecule has 64 valence electrons. The lowest BCUT2D eigenvalue weighted by Crippen LogP contribution is -1.98. The minimum absolute atomic E-state index is 0.0839. The maximum Gasteiger partial charge on any atom is 0.164 e. The van der Waals surface area contributed by atoms with Crippen molar-refractivity contribution in [2.45, 2.75) is 13.8 Å². The van der Waals surface area contributed by atoms with Crippen LogP contribution < -0.4 is 0 Å². The Morgan fingerprint density at radius 2 is 2.25 bits per heavy atom. The minimum Gasteiger partial charge on any atom is -0.294 e. The summed E-state index contributed by atoms with van der Waals surface area (Å²) in [6.45, 7) is 3.28. The number of pyridine rings is 1. The highest BCUT2D eigenvalue weighted by atomic mass is 79.9. The van der Waals surface area contributed by atoms with E-state index in [1.807, 2.05) is 6.92 Å². The molecule has 0 N–H and O–H groups in total. The molecule has 4 heteroatoms. The molecule has 1 aromatic rings. The van der Waals surface area contributed by atoms with E-state index in [2.05, 4.69) is 20.9 Å². The Balaban J connectivity index is 3.38. The van der Waals surface area contributed by atoms with E-state index >= 15 is 0 Å². The molecule has 0 aliphatic rings. The first-order valence-corrected chi connectivity index (χ1v) is 4.53. The van der Waals surface area contributed by atoms with Gasteiger partial charge in [0.05, 0.1) is 5.56 Å². The molecule has 0 amide bonds. The number of rotatable bonds is 1. The van der Waals surface area contributed by atoms with E-state index in [9.17, 15) is 4.79 Å². The molecule has 0 bridgehead atoms. The topological polar surface area (TPSA) is 30.0 Å². The monoisotopic (exact) mass is 247 g/mol. The molecule has 12 heavy (non-hydrogen) atoms. The minimum atomic E-state index is -0.0839. The van der Waals surface area contributed by atoms with Crippen LogP contribution in [0.5, 0.6) is 0 Å². The standard InChI is InChI=1S/C8H7BrClNO/c1-4-3-6(9)7(5(2)12)8(10)11-4/h3H,1-2H3. The first-order chi connectivity index (χ1) is 5.52. The van der Waals surface area contributed by atoms with Crippen molar-refractivity contribution < 1.29 is 4.79 Å². The molecule has 2 nitrogen and oxygen atoms in total. The van der Waals surface area contributed by atoms with Gasteiger partial charge in [0, 0.05) is 10.2 Å². The number of ketones is 1. The predicted molar refractivity (Wildman–Crippen MR) is 51.7 cm³/mol. The molecule has 1 rings (SSSR count). The molecule has 0 atom stereocenters. The third kappa shape index (κ3) is 1.84. The molecule has 0 aromatic carbocycles. The van der Waals surface area contributed by atoms with Gasteiger partial charge in [0.2, 0.25) is 0 Å². The zero-order chi connectivity index (χ0) is 9.30. The maximum absolute atomic E-state index is 11.0. The van der Waals surface area contributed by atoms with E-state index in [1.54, 1.807) is 6.07 Å². The quantitative estimate of drug-likeness (QED) is 0.565. The number of hydrogen-bond acceptors (Lipinski definition) is 2. The number of halogens is 2. The fourth-order valence-corrected chi connectivity index (χ4v) is 2.19. The van der Waals surface area contributed by atoms with E-state index in [1.165, 1.54) is 6.92 Å². The van der Waals surface area contributed by atoms with E-state index < -0.39 is 0 Å². The normalized spacial score (nSPS) is 10.0. The maximum atomic E-state index is 11.0. The Morgan fingerprint density at radius 1 is 1.67 bits per heavy atom. The number of aromatic nitrogens is 1. The first-order valence-electron chi connectivity index (χ1n) is 3.36. The summed E-state index contributed by atoms with van der Waals surface area (Å²) < 4.78 is 0.701. The van der Waals surface area contributed by atoms with Crippen LogP contribution in [0.2, 0.25) is 5.15 Å². The molecular weight excluding hydrogens is 241 g/mol. The summed E-state index contributed by atoms with van der Waals surface area (Å²) in [5, 5.41) is 0.259. The van der Waals surface area contributed by atoms with Crippen molar-refractivity contribution in [3.05, 3.63) is 26.9 Å². The molecule has 0 aliphatic heterocycles. The second-order valence-electron chi connectivity index (χ2n) is 2.47. The summed E-state index contributed by atoms with van der Waals surface area (Å²) in [6.07, 6.45) is 0. The molecule has 0 spiro atoms. The number of aryl methyl sites for hydroxylation is 1. The van der Waals surface area contributed by atoms with Crippen molar-refractivity contribution >= 4 is 33.3 Å². The van der Waals surface area contributed by atoms with Crippen LogP contribution in [0.1, 0.15) is 23.0 Å². The average molecular weight is 249 g/mol. The van der Waals surface area contributed by atoms with Gasteiger partial charge in [-0.1, -0.05) is 11.6 Å². The van der Waals surface area contributed by atoms with Crippen LogP contribution in [0, 0.1) is 6.92 Å². The molecule has 0 radical (unpaired) electrons. The lowest BCUT2D eigenvalue weighted by molar-refractivity contribution is 0.101. The van der Waals surface area contributed by atoms with Crippen LogP contribution in [0.25, 0.3) is 0 Å². The lowest BCUT2D eigenvalue weighted by Gasteiger charge is -2.02. The zero-order valence-corrected chi connectivity index (χ0v) is 9.03. The Kier molecular flexibility index (Phi) is 2.85. The second-order valence-corrected chi connectivity index (χ2v) is 3.68. The van der Waals surface area contributed by atoms with E-state index in [0.29, 0.717) is 10.0 Å². The van der Waals surface area contributed by atoms with Gasteiger partial charge < -0.3 is 0 Å². The number of nitrogens with zero attached hydrogens (tertiary/aromatic N) is 1. The number of hydrogen-bond donors (Lipinski definition) is 0. The lowest BCUT2D eigenvalue weighted by atomic mass is 10.2. The van der Waals surface area contributed by atoms with Gasteiger partial charge in [-0.05, 0) is 35.8 Å². The van der Waals surface area contributed by atoms with Crippen LogP contribution in [0.4, 0.5) is 0 Å². The summed E-state index contributed by atoms with van der Waals surface area (Å²) in [7, 11) is 0. The van der Waals surface area contributed by atoms with Crippen LogP contribution in [-0.2, 0) is 0 Å². The van der Waals surface area contributed by atoms with Crippen molar-refractivity contribution in [2.24, 2.45) is 0 Å². The van der Waals surface area contributed by atoms with Crippen molar-refractivity contribution in [2.75, 3.05) is 0 Å². The fraction of sp³-hybridized carbons (Fsp3) is 0.250. The average Bonchev–Trinajstić information content (AvgIpc) is 1.82. The highest BCUT2D eigenvalue weighted by molar-refractivity contribution is 9.10. The van der Waals surface area contributed by atoms with Crippen LogP contribution in [0.15, 0.2) is 10.5 Å². The molecule has 0 fully saturated rings. The van der Waals surface area contributed by atoms with Gasteiger partial charge in [-0.3, -0.25) is 4.79 Å². The van der Waals surface area contributed by atoms with Gasteiger partial charge in [-0.2, -0.15) is 0 Å². The Hall–Kier alpha value is -0.410. The highest BCUT2D eigenvalue weighted by Crippen LogP contribution is 2.24. The van der Waals surface area contributed by atoms with Gasteiger partial charge in [0.25, 0.3) is 0 Å². The first kappa shape index (κ1) is 9.68. The molecule has 1 aromatic heterocycles. The van der Waals surface area contributed by atoms with E-state index in [0.717, 1.165) is 5.69 Å². The van der Waals surface area contributed by atoms with Crippen molar-refractivity contribution in [3.63, 3.8) is 0 Å². The number of carbonyl (C=O) groups excluding carboxylic acids is 1. The Bertz CT molecular complexity index is 315. The largest absolute Gasteiger partial charge is 0.294 e. The summed E-state index contributed by atoms with van der Waals surface area (Å²) in [5.41, 5.74) is 1.24. The third-order valence-electron chi connectivity index (χ3n) is 1.41. The third-order valence-corrected chi connectivity index (χ3v) is 2.31. The van der Waals surface area contributed by atoms with E-state index in [4.69, 9.17) is 11.6 Å². The van der Waals surface area contributed by atoms with Crippen molar-refractivity contribution in [1.82, 2.24) is 4.98 Å². The SMILES string of the molecule is CC(=O)c1c(Br)cc(C)nc1Cl. The number of Topliss-reactive ketones (excluding diaryl/α,β-unsaturated/α-hetero) is 1. The van der Waals surface area contributed by atoms with Crippen LogP contribution in [-0.4, -0.2) is 10.8 Å². The molecule has 0 unspecified atom stereocenters. The predicted octanol–water partition coefficient (Wildman–Crippen LogP) is 3.01. The summed E-state index contributed by atoms with van der Waals surface area (Å²) in [4.78, 5) is 15.0. The summed E-state index contributed by atoms with van der Waals surface area (Å²) in [5.74, 6) is -0.0839. The van der Waals surface area contributed by atoms with Gasteiger partial charge in [-0.25, -0.2) is 4.98 Å². The Labute approximate surface area is 84.1 Å². The second kappa shape index (κ2) is 3.54. The molecule has 0 saturated carbocycles. The van der Waals surface area contributed by atoms with Gasteiger partial charge in [-0.15, -0.1) is 0 Å². The van der Waals surface area contributed by atoms with Gasteiger partial charge >= 0.3 is 0 Å². The molecule has 0 saturated heterocycles. The van der Waals surface area contributed by atoms with Crippen LogP contribution in [0.3, 0.4) is 0 Å². The summed E-state index contributed by atoms with van der Waals surface area (Å²) >= 11 is 9.02. The fourth-order valence-electron chi connectivity index (χ4n) is 0.911. The molecule has 0 aliphatic carbocycles. The summed E-state index contributed by atoms with van der Waals surface area (Å²) in [6, 6.07) is 1.77. The van der Waals surface area contributed by atoms with Gasteiger partial charge in [0.1, 0.15) is 5.15 Å². The van der Waals surface area contributed by atoms with Crippen molar-refractivity contribution in [3.8, 4) is 0 Å². The number of carbonyl (C=O) groups is 1.